The number of halogens is 2. The van der Waals surface area contributed by atoms with Crippen LogP contribution >= 0.6 is 46.9 Å². The van der Waals surface area contributed by atoms with E-state index in [9.17, 15) is 0 Å². The fourth-order valence-electron chi connectivity index (χ4n) is 2.51. The minimum Gasteiger partial charge on any atom is -0.356 e. The highest BCUT2D eigenvalue weighted by molar-refractivity contribution is 14.0. The lowest BCUT2D eigenvalue weighted by molar-refractivity contribution is 0.708. The minimum absolute atomic E-state index is 0. The zero-order valence-corrected chi connectivity index (χ0v) is 19.1. The summed E-state index contributed by atoms with van der Waals surface area (Å²) in [7, 11) is 1.78. The van der Waals surface area contributed by atoms with E-state index in [1.807, 2.05) is 41.3 Å². The third-order valence-corrected chi connectivity index (χ3v) is 5.37. The molecule has 144 valence electrons. The highest BCUT2D eigenvalue weighted by Gasteiger charge is 2.08. The van der Waals surface area contributed by atoms with Gasteiger partial charge in [-0.2, -0.15) is 5.10 Å². The summed E-state index contributed by atoms with van der Waals surface area (Å²) in [6.45, 7) is 3.70. The predicted molar refractivity (Wildman–Crippen MR) is 125 cm³/mol. The number of hydrogen-bond donors (Lipinski definition) is 2. The molecule has 3 rings (SSSR count). The molecule has 27 heavy (non-hydrogen) atoms. The molecule has 0 amide bonds. The summed E-state index contributed by atoms with van der Waals surface area (Å²) < 4.78 is 1.84. The first kappa shape index (κ1) is 21.7. The van der Waals surface area contributed by atoms with Gasteiger partial charge in [0.2, 0.25) is 0 Å². The molecule has 3 aromatic rings. The Balaban J connectivity index is 0.00000261. The van der Waals surface area contributed by atoms with E-state index in [1.54, 1.807) is 18.4 Å². The van der Waals surface area contributed by atoms with Crippen molar-refractivity contribution >= 4 is 52.9 Å². The van der Waals surface area contributed by atoms with Crippen molar-refractivity contribution in [1.29, 1.82) is 0 Å². The quantitative estimate of drug-likeness (QED) is 0.285. The van der Waals surface area contributed by atoms with Crippen LogP contribution in [0.15, 0.2) is 59.2 Å². The van der Waals surface area contributed by atoms with Crippen molar-refractivity contribution in [1.82, 2.24) is 20.4 Å². The summed E-state index contributed by atoms with van der Waals surface area (Å²) in [4.78, 5) is 5.66. The van der Waals surface area contributed by atoms with Crippen molar-refractivity contribution in [3.63, 3.8) is 0 Å². The molecule has 1 aromatic carbocycles. The van der Waals surface area contributed by atoms with E-state index in [1.165, 1.54) is 4.88 Å². The number of benzene rings is 1. The zero-order chi connectivity index (χ0) is 18.4. The van der Waals surface area contributed by atoms with Gasteiger partial charge in [-0.1, -0.05) is 24.6 Å². The van der Waals surface area contributed by atoms with Gasteiger partial charge < -0.3 is 10.6 Å². The van der Waals surface area contributed by atoms with Crippen LogP contribution in [0.3, 0.4) is 0 Å². The summed E-state index contributed by atoms with van der Waals surface area (Å²) in [5.74, 6) is 1.23. The Hall–Kier alpha value is -1.58. The highest BCUT2D eigenvalue weighted by Crippen LogP contribution is 2.19. The van der Waals surface area contributed by atoms with Gasteiger partial charge in [0.25, 0.3) is 0 Å². The van der Waals surface area contributed by atoms with Crippen molar-refractivity contribution in [2.45, 2.75) is 19.4 Å². The number of aromatic nitrogens is 2. The van der Waals surface area contributed by atoms with Crippen LogP contribution in [0, 0.1) is 0 Å². The van der Waals surface area contributed by atoms with Crippen LogP contribution in [0.2, 0.25) is 5.02 Å². The van der Waals surface area contributed by atoms with Crippen molar-refractivity contribution in [2.75, 3.05) is 13.6 Å². The van der Waals surface area contributed by atoms with Crippen molar-refractivity contribution in [2.24, 2.45) is 4.99 Å². The van der Waals surface area contributed by atoms with Gasteiger partial charge in [0.15, 0.2) is 5.96 Å². The Morgan fingerprint density at radius 3 is 2.70 bits per heavy atom. The van der Waals surface area contributed by atoms with E-state index in [0.717, 1.165) is 28.8 Å². The Labute approximate surface area is 185 Å². The van der Waals surface area contributed by atoms with Crippen molar-refractivity contribution < 1.29 is 0 Å². The van der Waals surface area contributed by atoms with Crippen molar-refractivity contribution in [3.05, 3.63) is 69.6 Å². The standard InChI is InChI=1S/C19H22ClN5S.HI/c1-14(18-4-3-9-26-18)10-22-19(21-2)23-11-15-12-24-25(13-15)17-7-5-16(20)6-8-17;/h3-9,12-14H,10-11H2,1-2H3,(H2,21,22,23);1H. The molecule has 0 aliphatic heterocycles. The predicted octanol–water partition coefficient (Wildman–Crippen LogP) is 4.67. The topological polar surface area (TPSA) is 54.2 Å². The maximum atomic E-state index is 5.93. The molecule has 0 saturated carbocycles. The Morgan fingerprint density at radius 1 is 1.26 bits per heavy atom. The van der Waals surface area contributed by atoms with Gasteiger partial charge in [-0.05, 0) is 35.7 Å². The van der Waals surface area contributed by atoms with E-state index >= 15 is 0 Å². The van der Waals surface area contributed by atoms with Crippen LogP contribution in [0.5, 0.6) is 0 Å². The lowest BCUT2D eigenvalue weighted by Crippen LogP contribution is -2.38. The second-order valence-electron chi connectivity index (χ2n) is 5.99. The Morgan fingerprint density at radius 2 is 2.04 bits per heavy atom. The number of rotatable bonds is 6. The van der Waals surface area contributed by atoms with Gasteiger partial charge in [0, 0.05) is 47.7 Å². The average molecular weight is 516 g/mol. The van der Waals surface area contributed by atoms with E-state index < -0.39 is 0 Å². The van der Waals surface area contributed by atoms with Gasteiger partial charge >= 0.3 is 0 Å². The van der Waals surface area contributed by atoms with Crippen LogP contribution in [0.25, 0.3) is 5.69 Å². The molecule has 1 atom stereocenters. The first-order chi connectivity index (χ1) is 12.7. The maximum Gasteiger partial charge on any atom is 0.191 e. The van der Waals surface area contributed by atoms with Crippen LogP contribution in [-0.4, -0.2) is 29.3 Å². The molecular formula is C19H23ClIN5S. The molecule has 0 bridgehead atoms. The maximum absolute atomic E-state index is 5.93. The minimum atomic E-state index is 0. The van der Waals surface area contributed by atoms with E-state index in [-0.39, 0.29) is 24.0 Å². The van der Waals surface area contributed by atoms with Gasteiger partial charge in [-0.25, -0.2) is 4.68 Å². The molecule has 1 unspecified atom stereocenters. The highest BCUT2D eigenvalue weighted by atomic mass is 127. The second-order valence-corrected chi connectivity index (χ2v) is 7.41. The molecule has 0 saturated heterocycles. The number of hydrogen-bond acceptors (Lipinski definition) is 3. The molecule has 0 aliphatic rings. The lowest BCUT2D eigenvalue weighted by Gasteiger charge is -2.14. The van der Waals surface area contributed by atoms with Crippen molar-refractivity contribution in [3.8, 4) is 5.69 Å². The molecule has 2 N–H and O–H groups in total. The van der Waals surface area contributed by atoms with Gasteiger partial charge in [0.1, 0.15) is 0 Å². The molecule has 2 heterocycles. The normalized spacial score (nSPS) is 12.3. The molecule has 0 aliphatic carbocycles. The summed E-state index contributed by atoms with van der Waals surface area (Å²) in [5.41, 5.74) is 2.06. The third kappa shape index (κ3) is 6.22. The fraction of sp³-hybridized carbons (Fsp3) is 0.263. The first-order valence-corrected chi connectivity index (χ1v) is 9.69. The summed E-state index contributed by atoms with van der Waals surface area (Å²) in [6, 6.07) is 11.9. The summed E-state index contributed by atoms with van der Waals surface area (Å²) in [6.07, 6.45) is 3.85. The third-order valence-electron chi connectivity index (χ3n) is 4.02. The molecule has 2 aromatic heterocycles. The van der Waals surface area contributed by atoms with E-state index in [4.69, 9.17) is 11.6 Å². The SMILES string of the molecule is CN=C(NCc1cnn(-c2ccc(Cl)cc2)c1)NCC(C)c1cccs1.I. The van der Waals surface area contributed by atoms with Gasteiger partial charge in [-0.3, -0.25) is 4.99 Å². The number of nitrogens with zero attached hydrogens (tertiary/aromatic N) is 3. The molecule has 8 heteroatoms. The van der Waals surface area contributed by atoms with Crippen LogP contribution in [-0.2, 0) is 6.54 Å². The largest absolute Gasteiger partial charge is 0.356 e. The lowest BCUT2D eigenvalue weighted by atomic mass is 10.1. The first-order valence-electron chi connectivity index (χ1n) is 8.43. The van der Waals surface area contributed by atoms with Gasteiger partial charge in [0.05, 0.1) is 11.9 Å². The van der Waals surface area contributed by atoms with E-state index in [2.05, 4.69) is 45.2 Å². The molecule has 0 radical (unpaired) electrons. The number of thiophene rings is 1. The number of guanidine groups is 1. The smallest absolute Gasteiger partial charge is 0.191 e. The summed E-state index contributed by atoms with van der Waals surface area (Å²) in [5, 5.41) is 13.9. The van der Waals surface area contributed by atoms with E-state index in [0.29, 0.717) is 12.5 Å². The monoisotopic (exact) mass is 515 g/mol. The number of nitrogens with one attached hydrogen (secondary N) is 2. The van der Waals surface area contributed by atoms with Gasteiger partial charge in [-0.15, -0.1) is 35.3 Å². The average Bonchev–Trinajstić information content (AvgIpc) is 3.34. The zero-order valence-electron chi connectivity index (χ0n) is 15.2. The number of aliphatic imine (C=N–C) groups is 1. The molecular weight excluding hydrogens is 493 g/mol. The molecule has 0 fully saturated rings. The van der Waals surface area contributed by atoms with Crippen LogP contribution in [0.4, 0.5) is 0 Å². The Kier molecular flexibility index (Phi) is 8.59. The molecule has 0 spiro atoms. The fourth-order valence-corrected chi connectivity index (χ4v) is 3.43. The Bertz CT molecular complexity index is 845. The van der Waals surface area contributed by atoms with Crippen LogP contribution in [0.1, 0.15) is 23.3 Å². The molecule has 5 nitrogen and oxygen atoms in total. The second kappa shape index (κ2) is 10.7. The summed E-state index contributed by atoms with van der Waals surface area (Å²) >= 11 is 7.71. The van der Waals surface area contributed by atoms with Crippen LogP contribution < -0.4 is 10.6 Å².